The highest BCUT2D eigenvalue weighted by molar-refractivity contribution is 5.53. The van der Waals surface area contributed by atoms with E-state index < -0.39 is 0 Å². The molecule has 6 nitrogen and oxygen atoms in total. The Bertz CT molecular complexity index is 628. The second-order valence-electron chi connectivity index (χ2n) is 4.99. The molecule has 0 amide bonds. The number of nitrogens with zero attached hydrogens (tertiary/aromatic N) is 5. The maximum absolute atomic E-state index is 9.15. The Labute approximate surface area is 123 Å². The zero-order valence-electron chi connectivity index (χ0n) is 11.6. The zero-order chi connectivity index (χ0) is 14.5. The van der Waals surface area contributed by atoms with Gasteiger partial charge in [0.25, 0.3) is 0 Å². The van der Waals surface area contributed by atoms with Gasteiger partial charge in [0.2, 0.25) is 0 Å². The molecule has 0 aliphatic carbocycles. The summed E-state index contributed by atoms with van der Waals surface area (Å²) < 4.78 is 0. The lowest BCUT2D eigenvalue weighted by Crippen LogP contribution is -2.40. The van der Waals surface area contributed by atoms with Gasteiger partial charge in [-0.25, -0.2) is 15.0 Å². The first-order chi connectivity index (χ1) is 10.4. The quantitative estimate of drug-likeness (QED) is 0.924. The minimum atomic E-state index is 0.394. The number of hydrogen-bond acceptors (Lipinski definition) is 6. The smallest absolute Gasteiger partial charge is 0.146 e. The summed E-state index contributed by atoms with van der Waals surface area (Å²) in [4.78, 5) is 14.6. The van der Waals surface area contributed by atoms with Crippen molar-refractivity contribution in [3.8, 4) is 6.07 Å². The molecule has 6 heteroatoms. The third-order valence-electron chi connectivity index (χ3n) is 3.64. The summed E-state index contributed by atoms with van der Waals surface area (Å²) in [6, 6.07) is 8.09. The Morgan fingerprint density at radius 1 is 1.19 bits per heavy atom. The van der Waals surface area contributed by atoms with Crippen LogP contribution in [0.3, 0.4) is 0 Å². The molecular formula is C15H16N6. The van der Waals surface area contributed by atoms with E-state index in [0.29, 0.717) is 11.6 Å². The molecule has 3 rings (SSSR count). The van der Waals surface area contributed by atoms with E-state index >= 15 is 0 Å². The molecule has 1 saturated heterocycles. The third-order valence-corrected chi connectivity index (χ3v) is 3.64. The van der Waals surface area contributed by atoms with Crippen LogP contribution >= 0.6 is 0 Å². The van der Waals surface area contributed by atoms with Crippen LogP contribution in [0.25, 0.3) is 0 Å². The number of anilines is 2. The second-order valence-corrected chi connectivity index (χ2v) is 4.99. The standard InChI is InChI=1S/C15H16N6/c16-10-12-2-1-6-18-15(12)21-8-4-13(5-9-21)20-14-3-7-17-11-19-14/h1-3,6-7,11,13H,4-5,8-9H2,(H,17,19,20). The van der Waals surface area contributed by atoms with Gasteiger partial charge in [0.1, 0.15) is 24.0 Å². The average Bonchev–Trinajstić information content (AvgIpc) is 2.56. The van der Waals surface area contributed by atoms with Gasteiger partial charge >= 0.3 is 0 Å². The molecule has 0 aromatic carbocycles. The van der Waals surface area contributed by atoms with Gasteiger partial charge in [0.15, 0.2) is 0 Å². The maximum atomic E-state index is 9.15. The highest BCUT2D eigenvalue weighted by atomic mass is 15.2. The number of rotatable bonds is 3. The Kier molecular flexibility index (Phi) is 3.92. The van der Waals surface area contributed by atoms with Crippen molar-refractivity contribution in [2.24, 2.45) is 0 Å². The van der Waals surface area contributed by atoms with Crippen molar-refractivity contribution in [1.29, 1.82) is 5.26 Å². The molecular weight excluding hydrogens is 264 g/mol. The monoisotopic (exact) mass is 280 g/mol. The number of pyridine rings is 1. The van der Waals surface area contributed by atoms with Crippen molar-refractivity contribution in [3.63, 3.8) is 0 Å². The molecule has 0 atom stereocenters. The molecule has 1 aliphatic heterocycles. The summed E-state index contributed by atoms with van der Waals surface area (Å²) in [6.45, 7) is 1.77. The van der Waals surface area contributed by atoms with Crippen LogP contribution in [-0.2, 0) is 0 Å². The Morgan fingerprint density at radius 2 is 2.05 bits per heavy atom. The summed E-state index contributed by atoms with van der Waals surface area (Å²) >= 11 is 0. The van der Waals surface area contributed by atoms with E-state index in [1.165, 1.54) is 0 Å². The summed E-state index contributed by atoms with van der Waals surface area (Å²) in [5, 5.41) is 12.6. The Morgan fingerprint density at radius 3 is 2.76 bits per heavy atom. The van der Waals surface area contributed by atoms with E-state index in [-0.39, 0.29) is 0 Å². The minimum Gasteiger partial charge on any atom is -0.367 e. The molecule has 0 saturated carbocycles. The third kappa shape index (κ3) is 3.08. The molecule has 1 N–H and O–H groups in total. The molecule has 0 bridgehead atoms. The van der Waals surface area contributed by atoms with Crippen molar-refractivity contribution in [2.45, 2.75) is 18.9 Å². The van der Waals surface area contributed by atoms with Crippen LogP contribution in [0.4, 0.5) is 11.6 Å². The van der Waals surface area contributed by atoms with Gasteiger partial charge < -0.3 is 10.2 Å². The molecule has 106 valence electrons. The van der Waals surface area contributed by atoms with Crippen LogP contribution in [0.15, 0.2) is 36.9 Å². The van der Waals surface area contributed by atoms with E-state index in [4.69, 9.17) is 5.26 Å². The second kappa shape index (κ2) is 6.18. The van der Waals surface area contributed by atoms with Crippen molar-refractivity contribution in [1.82, 2.24) is 15.0 Å². The van der Waals surface area contributed by atoms with Crippen LogP contribution in [0.5, 0.6) is 0 Å². The van der Waals surface area contributed by atoms with Gasteiger partial charge in [-0.1, -0.05) is 0 Å². The van der Waals surface area contributed by atoms with Crippen molar-refractivity contribution in [2.75, 3.05) is 23.3 Å². The zero-order valence-corrected chi connectivity index (χ0v) is 11.6. The van der Waals surface area contributed by atoms with E-state index in [9.17, 15) is 0 Å². The van der Waals surface area contributed by atoms with Crippen LogP contribution in [0, 0.1) is 11.3 Å². The van der Waals surface area contributed by atoms with Crippen LogP contribution in [0.1, 0.15) is 18.4 Å². The lowest BCUT2D eigenvalue weighted by atomic mass is 10.0. The molecule has 3 heterocycles. The van der Waals surface area contributed by atoms with E-state index in [2.05, 4.69) is 31.2 Å². The minimum absolute atomic E-state index is 0.394. The fraction of sp³-hybridized carbons (Fsp3) is 0.333. The number of hydrogen-bond donors (Lipinski definition) is 1. The fourth-order valence-electron chi connectivity index (χ4n) is 2.56. The predicted octanol–water partition coefficient (Wildman–Crippen LogP) is 1.82. The fourth-order valence-corrected chi connectivity index (χ4v) is 2.56. The van der Waals surface area contributed by atoms with Gasteiger partial charge in [-0.2, -0.15) is 5.26 Å². The summed E-state index contributed by atoms with van der Waals surface area (Å²) in [7, 11) is 0. The lowest BCUT2D eigenvalue weighted by molar-refractivity contribution is 0.522. The topological polar surface area (TPSA) is 77.7 Å². The van der Waals surface area contributed by atoms with Gasteiger partial charge in [-0.3, -0.25) is 0 Å². The van der Waals surface area contributed by atoms with Crippen molar-refractivity contribution in [3.05, 3.63) is 42.5 Å². The molecule has 2 aromatic rings. The summed E-state index contributed by atoms with van der Waals surface area (Å²) in [5.74, 6) is 1.65. The summed E-state index contributed by atoms with van der Waals surface area (Å²) in [6.07, 6.45) is 7.00. The van der Waals surface area contributed by atoms with E-state index in [1.54, 1.807) is 24.8 Å². The predicted molar refractivity (Wildman–Crippen MR) is 79.8 cm³/mol. The number of aromatic nitrogens is 3. The van der Waals surface area contributed by atoms with Crippen molar-refractivity contribution >= 4 is 11.6 Å². The van der Waals surface area contributed by atoms with Gasteiger partial charge in [-0.05, 0) is 31.0 Å². The first-order valence-electron chi connectivity index (χ1n) is 6.99. The van der Waals surface area contributed by atoms with Gasteiger partial charge in [0.05, 0.1) is 5.56 Å². The number of nitriles is 1. The molecule has 1 fully saturated rings. The first kappa shape index (κ1) is 13.3. The maximum Gasteiger partial charge on any atom is 0.146 e. The largest absolute Gasteiger partial charge is 0.367 e. The van der Waals surface area contributed by atoms with Crippen LogP contribution in [0.2, 0.25) is 0 Å². The molecule has 0 unspecified atom stereocenters. The molecule has 0 radical (unpaired) electrons. The molecule has 0 spiro atoms. The Hall–Kier alpha value is -2.68. The van der Waals surface area contributed by atoms with Crippen LogP contribution < -0.4 is 10.2 Å². The van der Waals surface area contributed by atoms with Gasteiger partial charge in [-0.15, -0.1) is 0 Å². The number of nitrogens with one attached hydrogen (secondary N) is 1. The first-order valence-corrected chi connectivity index (χ1v) is 6.99. The SMILES string of the molecule is N#Cc1cccnc1N1CCC(Nc2ccncn2)CC1. The Balaban J connectivity index is 1.62. The summed E-state index contributed by atoms with van der Waals surface area (Å²) in [5.41, 5.74) is 0.639. The van der Waals surface area contributed by atoms with E-state index in [1.807, 2.05) is 12.1 Å². The van der Waals surface area contributed by atoms with E-state index in [0.717, 1.165) is 37.6 Å². The molecule has 21 heavy (non-hydrogen) atoms. The highest BCUT2D eigenvalue weighted by Crippen LogP contribution is 2.22. The van der Waals surface area contributed by atoms with Crippen LogP contribution in [-0.4, -0.2) is 34.1 Å². The number of piperidine rings is 1. The average molecular weight is 280 g/mol. The van der Waals surface area contributed by atoms with Crippen molar-refractivity contribution < 1.29 is 0 Å². The highest BCUT2D eigenvalue weighted by Gasteiger charge is 2.21. The molecule has 1 aliphatic rings. The molecule has 2 aromatic heterocycles. The lowest BCUT2D eigenvalue weighted by Gasteiger charge is -2.33. The normalized spacial score (nSPS) is 15.5. The van der Waals surface area contributed by atoms with Gasteiger partial charge in [0, 0.05) is 31.5 Å².